The van der Waals surface area contributed by atoms with E-state index >= 15 is 0 Å². The molecule has 1 aliphatic rings. The van der Waals surface area contributed by atoms with Crippen molar-refractivity contribution in [3.05, 3.63) is 23.8 Å². The lowest BCUT2D eigenvalue weighted by atomic mass is 10.0. The third-order valence-electron chi connectivity index (χ3n) is 2.85. The van der Waals surface area contributed by atoms with Crippen LogP contribution < -0.4 is 0 Å². The van der Waals surface area contributed by atoms with Crippen molar-refractivity contribution >= 4 is 5.97 Å². The average molecular weight is 221 g/mol. The lowest BCUT2D eigenvalue weighted by Crippen LogP contribution is -2.14. The number of carbonyl (C=O) groups is 1. The molecule has 1 aromatic rings. The Kier molecular flexibility index (Phi) is 3.14. The van der Waals surface area contributed by atoms with Gasteiger partial charge in [-0.25, -0.2) is 9.97 Å². The molecular weight excluding hydrogens is 206 g/mol. The Morgan fingerprint density at radius 1 is 1.69 bits per heavy atom. The summed E-state index contributed by atoms with van der Waals surface area (Å²) in [7, 11) is 2.08. The van der Waals surface area contributed by atoms with Gasteiger partial charge in [0.25, 0.3) is 0 Å². The molecule has 1 unspecified atom stereocenters. The summed E-state index contributed by atoms with van der Waals surface area (Å²) < 4.78 is 0. The summed E-state index contributed by atoms with van der Waals surface area (Å²) in [5, 5.41) is 8.68. The maximum absolute atomic E-state index is 10.6. The van der Waals surface area contributed by atoms with E-state index in [4.69, 9.17) is 5.11 Å². The SMILES string of the molecule is CN1CCC(c2ccnc(CC(=O)O)n2)C1. The van der Waals surface area contributed by atoms with E-state index in [1.807, 2.05) is 6.07 Å². The van der Waals surface area contributed by atoms with Gasteiger partial charge in [0.2, 0.25) is 0 Å². The third kappa shape index (κ3) is 2.55. The van der Waals surface area contributed by atoms with Crippen molar-refractivity contribution in [1.82, 2.24) is 14.9 Å². The van der Waals surface area contributed by atoms with E-state index in [0.29, 0.717) is 11.7 Å². The predicted molar refractivity (Wildman–Crippen MR) is 58.2 cm³/mol. The monoisotopic (exact) mass is 221 g/mol. The van der Waals surface area contributed by atoms with Crippen LogP contribution in [-0.4, -0.2) is 46.1 Å². The van der Waals surface area contributed by atoms with Gasteiger partial charge in [-0.3, -0.25) is 4.79 Å². The normalized spacial score (nSPS) is 21.2. The fourth-order valence-electron chi connectivity index (χ4n) is 2.04. The number of aromatic nitrogens is 2. The molecule has 1 atom stereocenters. The maximum Gasteiger partial charge on any atom is 0.311 e. The summed E-state index contributed by atoms with van der Waals surface area (Å²) in [5.41, 5.74) is 0.968. The highest BCUT2D eigenvalue weighted by Crippen LogP contribution is 2.24. The number of hydrogen-bond acceptors (Lipinski definition) is 4. The van der Waals surface area contributed by atoms with E-state index in [0.717, 1.165) is 25.2 Å². The van der Waals surface area contributed by atoms with E-state index in [1.54, 1.807) is 6.20 Å². The van der Waals surface area contributed by atoms with Crippen molar-refractivity contribution in [2.75, 3.05) is 20.1 Å². The third-order valence-corrected chi connectivity index (χ3v) is 2.85. The molecule has 0 aromatic carbocycles. The summed E-state index contributed by atoms with van der Waals surface area (Å²) in [4.78, 5) is 21.1. The molecule has 0 amide bonds. The first kappa shape index (κ1) is 11.0. The van der Waals surface area contributed by atoms with Crippen molar-refractivity contribution in [2.24, 2.45) is 0 Å². The number of rotatable bonds is 3. The zero-order valence-electron chi connectivity index (χ0n) is 9.26. The van der Waals surface area contributed by atoms with Crippen LogP contribution in [0.15, 0.2) is 12.3 Å². The van der Waals surface area contributed by atoms with Gasteiger partial charge >= 0.3 is 5.97 Å². The van der Waals surface area contributed by atoms with Gasteiger partial charge < -0.3 is 10.0 Å². The zero-order valence-corrected chi connectivity index (χ0v) is 9.26. The van der Waals surface area contributed by atoms with Gasteiger partial charge in [0.1, 0.15) is 12.2 Å². The molecule has 86 valence electrons. The Hall–Kier alpha value is -1.49. The highest BCUT2D eigenvalue weighted by molar-refractivity contribution is 5.68. The number of hydrogen-bond donors (Lipinski definition) is 1. The van der Waals surface area contributed by atoms with Crippen molar-refractivity contribution in [2.45, 2.75) is 18.8 Å². The second-order valence-electron chi connectivity index (χ2n) is 4.22. The Balaban J connectivity index is 2.12. The van der Waals surface area contributed by atoms with Crippen LogP contribution >= 0.6 is 0 Å². The van der Waals surface area contributed by atoms with E-state index < -0.39 is 5.97 Å². The standard InChI is InChI=1S/C11H15N3O2/c1-14-5-3-8(7-14)9-2-4-12-10(13-9)6-11(15)16/h2,4,8H,3,5-7H2,1H3,(H,15,16). The van der Waals surface area contributed by atoms with Gasteiger partial charge in [0.05, 0.1) is 0 Å². The first-order valence-corrected chi connectivity index (χ1v) is 5.37. The first-order valence-electron chi connectivity index (χ1n) is 5.37. The summed E-state index contributed by atoms with van der Waals surface area (Å²) in [6, 6.07) is 1.88. The van der Waals surface area contributed by atoms with Crippen LogP contribution in [0.2, 0.25) is 0 Å². The van der Waals surface area contributed by atoms with Crippen molar-refractivity contribution < 1.29 is 9.90 Å². The summed E-state index contributed by atoms with van der Waals surface area (Å²) >= 11 is 0. The average Bonchev–Trinajstić information content (AvgIpc) is 2.64. The maximum atomic E-state index is 10.6. The van der Waals surface area contributed by atoms with Gasteiger partial charge in [-0.1, -0.05) is 0 Å². The van der Waals surface area contributed by atoms with Crippen LogP contribution in [-0.2, 0) is 11.2 Å². The van der Waals surface area contributed by atoms with Crippen LogP contribution in [0.1, 0.15) is 23.9 Å². The molecule has 2 rings (SSSR count). The Labute approximate surface area is 94.1 Å². The molecule has 1 saturated heterocycles. The molecule has 5 heteroatoms. The molecule has 0 radical (unpaired) electrons. The zero-order chi connectivity index (χ0) is 11.5. The molecule has 0 spiro atoms. The number of likely N-dealkylation sites (N-methyl/N-ethyl adjacent to an activating group) is 1. The van der Waals surface area contributed by atoms with Crippen LogP contribution in [0, 0.1) is 0 Å². The van der Waals surface area contributed by atoms with Crippen molar-refractivity contribution in [3.8, 4) is 0 Å². The molecule has 0 bridgehead atoms. The molecule has 1 aliphatic heterocycles. The van der Waals surface area contributed by atoms with Crippen molar-refractivity contribution in [1.29, 1.82) is 0 Å². The highest BCUT2D eigenvalue weighted by atomic mass is 16.4. The molecule has 5 nitrogen and oxygen atoms in total. The van der Waals surface area contributed by atoms with Crippen molar-refractivity contribution in [3.63, 3.8) is 0 Å². The lowest BCUT2D eigenvalue weighted by Gasteiger charge is -2.10. The lowest BCUT2D eigenvalue weighted by molar-refractivity contribution is -0.136. The minimum Gasteiger partial charge on any atom is -0.481 e. The first-order chi connectivity index (χ1) is 7.65. The molecule has 16 heavy (non-hydrogen) atoms. The molecule has 0 aliphatic carbocycles. The molecule has 1 fully saturated rings. The fraction of sp³-hybridized carbons (Fsp3) is 0.545. The largest absolute Gasteiger partial charge is 0.481 e. The van der Waals surface area contributed by atoms with Gasteiger partial charge in [-0.15, -0.1) is 0 Å². The summed E-state index contributed by atoms with van der Waals surface area (Å²) in [5.74, 6) is -0.0687. The molecule has 2 heterocycles. The van der Waals surface area contributed by atoms with Crippen LogP contribution in [0.5, 0.6) is 0 Å². The number of carboxylic acids is 1. The predicted octanol–water partition coefficient (Wildman–Crippen LogP) is 0.523. The van der Waals surface area contributed by atoms with E-state index in [-0.39, 0.29) is 6.42 Å². The molecule has 1 N–H and O–H groups in total. The topological polar surface area (TPSA) is 66.3 Å². The van der Waals surface area contributed by atoms with Gasteiger partial charge in [0, 0.05) is 24.4 Å². The molecular formula is C11H15N3O2. The Bertz CT molecular complexity index is 395. The van der Waals surface area contributed by atoms with Gasteiger partial charge in [-0.05, 0) is 26.1 Å². The summed E-state index contributed by atoms with van der Waals surface area (Å²) in [6.45, 7) is 2.06. The summed E-state index contributed by atoms with van der Waals surface area (Å²) in [6.07, 6.45) is 2.63. The number of aliphatic carboxylic acids is 1. The van der Waals surface area contributed by atoms with Crippen LogP contribution in [0.4, 0.5) is 0 Å². The smallest absolute Gasteiger partial charge is 0.311 e. The Morgan fingerprint density at radius 3 is 3.12 bits per heavy atom. The van der Waals surface area contributed by atoms with Gasteiger partial charge in [0.15, 0.2) is 0 Å². The number of carboxylic acid groups (broad SMARTS) is 1. The minimum absolute atomic E-state index is 0.101. The second-order valence-corrected chi connectivity index (χ2v) is 4.22. The molecule has 0 saturated carbocycles. The molecule has 1 aromatic heterocycles. The Morgan fingerprint density at radius 2 is 2.50 bits per heavy atom. The fourth-order valence-corrected chi connectivity index (χ4v) is 2.04. The van der Waals surface area contributed by atoms with Gasteiger partial charge in [-0.2, -0.15) is 0 Å². The van der Waals surface area contributed by atoms with Crippen LogP contribution in [0.25, 0.3) is 0 Å². The van der Waals surface area contributed by atoms with Crippen LogP contribution in [0.3, 0.4) is 0 Å². The highest BCUT2D eigenvalue weighted by Gasteiger charge is 2.22. The van der Waals surface area contributed by atoms with E-state index in [2.05, 4.69) is 21.9 Å². The number of likely N-dealkylation sites (tertiary alicyclic amines) is 1. The quantitative estimate of drug-likeness (QED) is 0.806. The number of nitrogens with zero attached hydrogens (tertiary/aromatic N) is 3. The van der Waals surface area contributed by atoms with E-state index in [9.17, 15) is 4.79 Å². The van der Waals surface area contributed by atoms with E-state index in [1.165, 1.54) is 0 Å². The second kappa shape index (κ2) is 4.57. The minimum atomic E-state index is -0.888.